The molecule has 0 fully saturated rings. The van der Waals surface area contributed by atoms with Gasteiger partial charge in [-0.3, -0.25) is 0 Å². The minimum absolute atomic E-state index is 0.0103. The topological polar surface area (TPSA) is 23.1 Å². The molecule has 0 N–H and O–H groups in total. The van der Waals surface area contributed by atoms with E-state index >= 15 is 0 Å². The average Bonchev–Trinajstić information content (AvgIpc) is 2.45. The molecule has 21 heavy (non-hydrogen) atoms. The van der Waals surface area contributed by atoms with Crippen LogP contribution < -0.4 is 0 Å². The Morgan fingerprint density at radius 3 is 1.14 bits per heavy atom. The van der Waals surface area contributed by atoms with E-state index in [1.807, 2.05) is 7.05 Å². The van der Waals surface area contributed by atoms with E-state index in [0.717, 1.165) is 25.9 Å². The molecular weight excluding hydrogens is 258 g/mol. The third-order valence-electron chi connectivity index (χ3n) is 4.47. The van der Waals surface area contributed by atoms with Gasteiger partial charge in [-0.05, 0) is 25.7 Å². The molecule has 1 unspecified atom stereocenters. The molecule has 0 bridgehead atoms. The number of rotatable bonds is 16. The van der Waals surface area contributed by atoms with Crippen LogP contribution in [0.3, 0.4) is 0 Å². The Morgan fingerprint density at radius 2 is 0.810 bits per heavy atom. The Kier molecular flexibility index (Phi) is 14.8. The monoisotopic (exact) mass is 299 g/mol. The lowest BCUT2D eigenvalue weighted by Gasteiger charge is -2.39. The van der Waals surface area contributed by atoms with Gasteiger partial charge in [0, 0.05) is 0 Å². The molecule has 2 nitrogen and oxygen atoms in total. The van der Waals surface area contributed by atoms with Crippen LogP contribution in [-0.2, 0) is 0 Å². The van der Waals surface area contributed by atoms with Crippen molar-refractivity contribution in [1.82, 2.24) is 0 Å². The molecule has 0 saturated carbocycles. The highest BCUT2D eigenvalue weighted by Crippen LogP contribution is 2.12. The van der Waals surface area contributed by atoms with E-state index in [9.17, 15) is 5.21 Å². The Morgan fingerprint density at radius 1 is 0.524 bits per heavy atom. The first kappa shape index (κ1) is 20.9. The first-order valence-electron chi connectivity index (χ1n) is 9.68. The van der Waals surface area contributed by atoms with Crippen molar-refractivity contribution in [3.8, 4) is 0 Å². The number of quaternary nitrogens is 1. The van der Waals surface area contributed by atoms with Crippen LogP contribution in [0.4, 0.5) is 0 Å². The molecule has 1 atom stereocenters. The Balaban J connectivity index is 3.34. The van der Waals surface area contributed by atoms with Crippen LogP contribution >= 0.6 is 0 Å². The lowest BCUT2D eigenvalue weighted by atomic mass is 10.1. The van der Waals surface area contributed by atoms with Crippen molar-refractivity contribution in [2.24, 2.45) is 0 Å². The van der Waals surface area contributed by atoms with Gasteiger partial charge in [-0.1, -0.05) is 78.1 Å². The predicted octanol–water partition coefficient (Wildman–Crippen LogP) is 6.43. The van der Waals surface area contributed by atoms with Crippen LogP contribution in [0, 0.1) is 5.21 Å². The highest BCUT2D eigenvalue weighted by molar-refractivity contribution is 4.49. The number of hydrogen-bond donors (Lipinski definition) is 0. The fourth-order valence-corrected chi connectivity index (χ4v) is 2.92. The molecule has 0 aromatic heterocycles. The second-order valence-electron chi connectivity index (χ2n) is 6.99. The molecule has 128 valence electrons. The second kappa shape index (κ2) is 14.8. The van der Waals surface area contributed by atoms with E-state index in [1.165, 1.54) is 77.0 Å². The molecule has 0 aromatic rings. The van der Waals surface area contributed by atoms with Gasteiger partial charge in [-0.25, -0.2) is 0 Å². The Labute approximate surface area is 134 Å². The lowest BCUT2D eigenvalue weighted by Crippen LogP contribution is -2.39. The van der Waals surface area contributed by atoms with E-state index in [2.05, 4.69) is 13.8 Å². The molecule has 2 heteroatoms. The minimum atomic E-state index is -0.0103. The van der Waals surface area contributed by atoms with Crippen molar-refractivity contribution in [1.29, 1.82) is 0 Å². The van der Waals surface area contributed by atoms with E-state index in [0.29, 0.717) is 0 Å². The number of hydroxylamine groups is 3. The van der Waals surface area contributed by atoms with Crippen molar-refractivity contribution >= 4 is 0 Å². The van der Waals surface area contributed by atoms with Crippen LogP contribution in [0.1, 0.15) is 104 Å². The minimum Gasteiger partial charge on any atom is -0.633 e. The van der Waals surface area contributed by atoms with Crippen LogP contribution in [-0.4, -0.2) is 24.8 Å². The summed E-state index contributed by atoms with van der Waals surface area (Å²) in [6.45, 7) is 6.15. The van der Waals surface area contributed by atoms with Crippen molar-refractivity contribution in [3.05, 3.63) is 5.21 Å². The third-order valence-corrected chi connectivity index (χ3v) is 4.47. The quantitative estimate of drug-likeness (QED) is 0.183. The maximum absolute atomic E-state index is 12.3. The smallest absolute Gasteiger partial charge is 0.0781 e. The molecule has 0 aromatic carbocycles. The molecule has 0 aliphatic heterocycles. The lowest BCUT2D eigenvalue weighted by molar-refractivity contribution is -0.861. The van der Waals surface area contributed by atoms with Gasteiger partial charge in [0.25, 0.3) is 0 Å². The summed E-state index contributed by atoms with van der Waals surface area (Å²) in [7, 11) is 1.87. The fraction of sp³-hybridized carbons (Fsp3) is 1.00. The normalized spacial score (nSPS) is 14.3. The first-order chi connectivity index (χ1) is 10.1. The van der Waals surface area contributed by atoms with Gasteiger partial charge in [0.1, 0.15) is 0 Å². The highest BCUT2D eigenvalue weighted by Gasteiger charge is 2.08. The van der Waals surface area contributed by atoms with E-state index in [4.69, 9.17) is 0 Å². The van der Waals surface area contributed by atoms with Crippen LogP contribution in [0.25, 0.3) is 0 Å². The summed E-state index contributed by atoms with van der Waals surface area (Å²) in [4.78, 5) is 0. The molecule has 0 radical (unpaired) electrons. The number of unbranched alkanes of at least 4 members (excludes halogenated alkanes) is 12. The summed E-state index contributed by atoms with van der Waals surface area (Å²) in [5.74, 6) is 0. The zero-order valence-electron chi connectivity index (χ0n) is 15.2. The van der Waals surface area contributed by atoms with Crippen molar-refractivity contribution < 1.29 is 4.65 Å². The molecule has 0 aliphatic rings. The first-order valence-corrected chi connectivity index (χ1v) is 9.68. The van der Waals surface area contributed by atoms with Crippen molar-refractivity contribution in [2.45, 2.75) is 104 Å². The van der Waals surface area contributed by atoms with Gasteiger partial charge in [0.15, 0.2) is 0 Å². The van der Waals surface area contributed by atoms with E-state index in [-0.39, 0.29) is 4.65 Å². The summed E-state index contributed by atoms with van der Waals surface area (Å²) < 4.78 is -0.0103. The van der Waals surface area contributed by atoms with Gasteiger partial charge in [-0.2, -0.15) is 0 Å². The standard InChI is InChI=1S/C19H41NO/c1-4-6-8-10-12-13-15-17-19-20(3,21)18-16-14-11-9-7-5-2/h4-19H2,1-3H3. The Bertz CT molecular complexity index is 204. The average molecular weight is 300 g/mol. The number of nitrogens with zero attached hydrogens (tertiary/aromatic N) is 1. The molecule has 0 aliphatic carbocycles. The van der Waals surface area contributed by atoms with Gasteiger partial charge in [0.05, 0.1) is 20.1 Å². The Hall–Kier alpha value is -0.0800. The largest absolute Gasteiger partial charge is 0.633 e. The maximum Gasteiger partial charge on any atom is 0.0781 e. The van der Waals surface area contributed by atoms with Crippen molar-refractivity contribution in [3.63, 3.8) is 0 Å². The zero-order chi connectivity index (χ0) is 15.8. The molecular formula is C19H41NO. The van der Waals surface area contributed by atoms with Crippen LogP contribution in [0.2, 0.25) is 0 Å². The second-order valence-corrected chi connectivity index (χ2v) is 6.99. The molecule has 0 saturated heterocycles. The summed E-state index contributed by atoms with van der Waals surface area (Å²) in [6.07, 6.45) is 18.2. The van der Waals surface area contributed by atoms with Gasteiger partial charge < -0.3 is 9.85 Å². The summed E-state index contributed by atoms with van der Waals surface area (Å²) in [6, 6.07) is 0. The molecule has 0 rings (SSSR count). The van der Waals surface area contributed by atoms with E-state index < -0.39 is 0 Å². The highest BCUT2D eigenvalue weighted by atomic mass is 16.5. The van der Waals surface area contributed by atoms with Gasteiger partial charge in [0.2, 0.25) is 0 Å². The third kappa shape index (κ3) is 16.1. The molecule has 0 spiro atoms. The van der Waals surface area contributed by atoms with Crippen LogP contribution in [0.15, 0.2) is 0 Å². The van der Waals surface area contributed by atoms with Crippen LogP contribution in [0.5, 0.6) is 0 Å². The SMILES string of the molecule is CCCCCCCCCC[N+](C)([O-])CCCCCCCC. The maximum atomic E-state index is 12.3. The summed E-state index contributed by atoms with van der Waals surface area (Å²) in [5.41, 5.74) is 0. The fourth-order valence-electron chi connectivity index (χ4n) is 2.92. The molecule has 0 heterocycles. The summed E-state index contributed by atoms with van der Waals surface area (Å²) in [5, 5.41) is 12.3. The van der Waals surface area contributed by atoms with Gasteiger partial charge >= 0.3 is 0 Å². The number of hydrogen-bond acceptors (Lipinski definition) is 1. The predicted molar refractivity (Wildman–Crippen MR) is 95.3 cm³/mol. The zero-order valence-corrected chi connectivity index (χ0v) is 15.2. The van der Waals surface area contributed by atoms with Crippen molar-refractivity contribution in [2.75, 3.05) is 20.1 Å². The summed E-state index contributed by atoms with van der Waals surface area (Å²) >= 11 is 0. The van der Waals surface area contributed by atoms with Gasteiger partial charge in [-0.15, -0.1) is 0 Å². The van der Waals surface area contributed by atoms with E-state index in [1.54, 1.807) is 0 Å². The molecule has 0 amide bonds.